The molecule has 1 saturated carbocycles. The number of hydrogen-bond donors (Lipinski definition) is 0. The summed E-state index contributed by atoms with van der Waals surface area (Å²) in [6, 6.07) is 3.19. The number of benzene rings is 1. The van der Waals surface area contributed by atoms with Gasteiger partial charge in [0.05, 0.1) is 0 Å². The average molecular weight is 243 g/mol. The Bertz CT molecular complexity index is 401. The molecule has 1 heterocycles. The van der Waals surface area contributed by atoms with E-state index >= 15 is 0 Å². The first-order valence-electron chi connectivity index (χ1n) is 5.38. The highest BCUT2D eigenvalue weighted by Gasteiger charge is 2.37. The van der Waals surface area contributed by atoms with Crippen LogP contribution < -0.4 is 0 Å². The molecule has 80 valence electrons. The van der Waals surface area contributed by atoms with Crippen molar-refractivity contribution < 1.29 is 4.39 Å². The van der Waals surface area contributed by atoms with E-state index in [1.165, 1.54) is 18.9 Å². The van der Waals surface area contributed by atoms with E-state index in [2.05, 4.69) is 0 Å². The molecule has 1 fully saturated rings. The van der Waals surface area contributed by atoms with Gasteiger partial charge < -0.3 is 0 Å². The van der Waals surface area contributed by atoms with Crippen LogP contribution in [0.2, 0.25) is 5.02 Å². The summed E-state index contributed by atoms with van der Waals surface area (Å²) >= 11 is 7.82. The minimum Gasteiger partial charge on any atom is -0.206 e. The van der Waals surface area contributed by atoms with Crippen molar-refractivity contribution >= 4 is 23.4 Å². The summed E-state index contributed by atoms with van der Waals surface area (Å²) in [7, 11) is 0. The minimum absolute atomic E-state index is 0.0928. The third kappa shape index (κ3) is 1.68. The predicted octanol–water partition coefficient (Wildman–Crippen LogP) is 4.47. The number of hydrogen-bond acceptors (Lipinski definition) is 1. The second kappa shape index (κ2) is 3.67. The van der Waals surface area contributed by atoms with E-state index in [9.17, 15) is 4.39 Å². The van der Waals surface area contributed by atoms with Gasteiger partial charge in [0.2, 0.25) is 0 Å². The van der Waals surface area contributed by atoms with Crippen molar-refractivity contribution in [3.63, 3.8) is 0 Å². The van der Waals surface area contributed by atoms with Crippen molar-refractivity contribution in [1.29, 1.82) is 0 Å². The summed E-state index contributed by atoms with van der Waals surface area (Å²) < 4.78 is 13.6. The van der Waals surface area contributed by atoms with Crippen LogP contribution in [0, 0.1) is 11.7 Å². The van der Waals surface area contributed by atoms with E-state index in [1.807, 2.05) is 0 Å². The van der Waals surface area contributed by atoms with Gasteiger partial charge in [-0.2, -0.15) is 0 Å². The Morgan fingerprint density at radius 3 is 2.80 bits per heavy atom. The molecule has 0 N–H and O–H groups in total. The zero-order chi connectivity index (χ0) is 10.4. The summed E-state index contributed by atoms with van der Waals surface area (Å²) in [4.78, 5) is 0.811. The van der Waals surface area contributed by atoms with Crippen LogP contribution in [-0.2, 0) is 0 Å². The molecule has 3 heteroatoms. The lowest BCUT2D eigenvalue weighted by Crippen LogP contribution is -2.11. The van der Waals surface area contributed by atoms with Crippen molar-refractivity contribution in [3.8, 4) is 0 Å². The number of halogens is 2. The van der Waals surface area contributed by atoms with Gasteiger partial charge in [-0.05, 0) is 54.5 Å². The minimum atomic E-state index is -0.0928. The lowest BCUT2D eigenvalue weighted by atomic mass is 9.91. The molecule has 1 atom stereocenters. The van der Waals surface area contributed by atoms with Crippen molar-refractivity contribution in [1.82, 2.24) is 0 Å². The van der Waals surface area contributed by atoms with E-state index < -0.39 is 0 Å². The Kier molecular flexibility index (Phi) is 2.44. The van der Waals surface area contributed by atoms with Gasteiger partial charge in [0, 0.05) is 9.92 Å². The van der Waals surface area contributed by atoms with E-state index in [-0.39, 0.29) is 5.82 Å². The molecule has 1 aromatic carbocycles. The Hall–Kier alpha value is -0.210. The number of fused-ring (bicyclic) bond motifs is 1. The molecule has 3 rings (SSSR count). The predicted molar refractivity (Wildman–Crippen MR) is 62.2 cm³/mol. The smallest absolute Gasteiger partial charge is 0.137 e. The molecule has 0 spiro atoms. The van der Waals surface area contributed by atoms with Crippen LogP contribution in [0.3, 0.4) is 0 Å². The Morgan fingerprint density at radius 2 is 2.07 bits per heavy atom. The maximum absolute atomic E-state index is 13.6. The van der Waals surface area contributed by atoms with Crippen molar-refractivity contribution in [2.24, 2.45) is 5.92 Å². The van der Waals surface area contributed by atoms with Crippen LogP contribution in [0.4, 0.5) is 4.39 Å². The zero-order valence-corrected chi connectivity index (χ0v) is 9.87. The fourth-order valence-electron chi connectivity index (χ4n) is 2.44. The fourth-order valence-corrected chi connectivity index (χ4v) is 4.00. The standard InChI is InChI=1S/C12H12ClFS/c13-9-3-4-10(14)12-11(9)8(5-6-15-12)7-1-2-7/h3-4,7-8H,1-2,5-6H2. The van der Waals surface area contributed by atoms with Crippen LogP contribution in [-0.4, -0.2) is 5.75 Å². The largest absolute Gasteiger partial charge is 0.206 e. The molecule has 0 nitrogen and oxygen atoms in total. The molecule has 0 bridgehead atoms. The second-order valence-corrected chi connectivity index (χ2v) is 5.87. The summed E-state index contributed by atoms with van der Waals surface area (Å²) in [6.45, 7) is 0. The lowest BCUT2D eigenvalue weighted by molar-refractivity contribution is 0.543. The van der Waals surface area contributed by atoms with Crippen LogP contribution >= 0.6 is 23.4 Å². The van der Waals surface area contributed by atoms with Crippen LogP contribution in [0.15, 0.2) is 17.0 Å². The lowest BCUT2D eigenvalue weighted by Gasteiger charge is -2.26. The third-order valence-corrected chi connectivity index (χ3v) is 4.80. The van der Waals surface area contributed by atoms with Crippen LogP contribution in [0.1, 0.15) is 30.7 Å². The first-order chi connectivity index (χ1) is 7.27. The second-order valence-electron chi connectivity index (χ2n) is 4.35. The maximum Gasteiger partial charge on any atom is 0.137 e. The highest BCUT2D eigenvalue weighted by atomic mass is 35.5. The van der Waals surface area contributed by atoms with Gasteiger partial charge in [-0.3, -0.25) is 0 Å². The number of rotatable bonds is 1. The van der Waals surface area contributed by atoms with Crippen molar-refractivity contribution in [3.05, 3.63) is 28.5 Å². The molecule has 0 radical (unpaired) electrons. The van der Waals surface area contributed by atoms with Crippen molar-refractivity contribution in [2.45, 2.75) is 30.1 Å². The van der Waals surface area contributed by atoms with Crippen molar-refractivity contribution in [2.75, 3.05) is 5.75 Å². The van der Waals surface area contributed by atoms with E-state index in [0.717, 1.165) is 33.6 Å². The van der Waals surface area contributed by atoms with Gasteiger partial charge in [-0.25, -0.2) is 4.39 Å². The Morgan fingerprint density at radius 1 is 1.27 bits per heavy atom. The Labute approximate surface area is 98.2 Å². The molecule has 1 aliphatic carbocycles. The molecule has 1 unspecified atom stereocenters. The van der Waals surface area contributed by atoms with Gasteiger partial charge in [0.1, 0.15) is 5.82 Å². The quantitative estimate of drug-likeness (QED) is 0.700. The summed E-state index contributed by atoms with van der Waals surface area (Å²) in [5.74, 6) is 2.23. The van der Waals surface area contributed by atoms with Gasteiger partial charge in [0.25, 0.3) is 0 Å². The van der Waals surface area contributed by atoms with E-state index in [1.54, 1.807) is 17.8 Å². The highest BCUT2D eigenvalue weighted by Crippen LogP contribution is 2.52. The fraction of sp³-hybridized carbons (Fsp3) is 0.500. The van der Waals surface area contributed by atoms with E-state index in [0.29, 0.717) is 5.92 Å². The zero-order valence-electron chi connectivity index (χ0n) is 8.30. The summed E-state index contributed by atoms with van der Waals surface area (Å²) in [5, 5.41) is 0.760. The van der Waals surface area contributed by atoms with Gasteiger partial charge in [0.15, 0.2) is 0 Å². The molecule has 0 saturated heterocycles. The first-order valence-corrected chi connectivity index (χ1v) is 6.74. The SMILES string of the molecule is Fc1ccc(Cl)c2c1SCCC2C1CC1. The maximum atomic E-state index is 13.6. The molecule has 0 amide bonds. The molecular formula is C12H12ClFS. The number of thioether (sulfide) groups is 1. The molecular weight excluding hydrogens is 231 g/mol. The average Bonchev–Trinajstić information content (AvgIpc) is 3.07. The van der Waals surface area contributed by atoms with Gasteiger partial charge >= 0.3 is 0 Å². The third-order valence-electron chi connectivity index (χ3n) is 3.33. The topological polar surface area (TPSA) is 0 Å². The van der Waals surface area contributed by atoms with E-state index in [4.69, 9.17) is 11.6 Å². The van der Waals surface area contributed by atoms with Crippen LogP contribution in [0.25, 0.3) is 0 Å². The van der Waals surface area contributed by atoms with Crippen LogP contribution in [0.5, 0.6) is 0 Å². The molecule has 0 aromatic heterocycles. The molecule has 2 aliphatic rings. The molecule has 1 aliphatic heterocycles. The first kappa shape index (κ1) is 9.98. The Balaban J connectivity index is 2.11. The molecule has 1 aromatic rings. The van der Waals surface area contributed by atoms with Gasteiger partial charge in [-0.1, -0.05) is 11.6 Å². The molecule has 15 heavy (non-hydrogen) atoms. The summed E-state index contributed by atoms with van der Waals surface area (Å²) in [5.41, 5.74) is 1.09. The van der Waals surface area contributed by atoms with Gasteiger partial charge in [-0.15, -0.1) is 11.8 Å². The monoisotopic (exact) mass is 242 g/mol. The summed E-state index contributed by atoms with van der Waals surface area (Å²) in [6.07, 6.45) is 3.74. The normalized spacial score (nSPS) is 25.1. The highest BCUT2D eigenvalue weighted by molar-refractivity contribution is 7.99.